The first-order chi connectivity index (χ1) is 13.8. The van der Waals surface area contributed by atoms with Gasteiger partial charge in [0.2, 0.25) is 10.0 Å². The van der Waals surface area contributed by atoms with Crippen LogP contribution in [0.15, 0.2) is 41.4 Å². The van der Waals surface area contributed by atoms with Crippen LogP contribution in [0.2, 0.25) is 0 Å². The highest BCUT2D eigenvalue weighted by atomic mass is 32.2. The number of halogens is 1. The Morgan fingerprint density at radius 1 is 1.21 bits per heavy atom. The van der Waals surface area contributed by atoms with E-state index in [4.69, 9.17) is 9.88 Å². The van der Waals surface area contributed by atoms with Crippen LogP contribution in [-0.2, 0) is 27.9 Å². The number of hydrogen-bond donors (Lipinski definition) is 1. The zero-order valence-electron chi connectivity index (χ0n) is 15.8. The molecule has 0 radical (unpaired) electrons. The van der Waals surface area contributed by atoms with Gasteiger partial charge in [-0.15, -0.1) is 0 Å². The number of methoxy groups -OCH3 is 1. The molecule has 1 aromatic carbocycles. The third-order valence-electron chi connectivity index (χ3n) is 4.57. The summed E-state index contributed by atoms with van der Waals surface area (Å²) in [5.74, 6) is -0.264. The van der Waals surface area contributed by atoms with E-state index in [0.717, 1.165) is 22.7 Å². The van der Waals surface area contributed by atoms with E-state index in [9.17, 15) is 12.8 Å². The molecule has 0 aliphatic carbocycles. The first-order valence-corrected chi connectivity index (χ1v) is 10.2. The van der Waals surface area contributed by atoms with Crippen LogP contribution in [0.25, 0.3) is 22.1 Å². The van der Waals surface area contributed by atoms with Crippen LogP contribution in [0.1, 0.15) is 17.1 Å². The normalized spacial score (nSPS) is 12.1. The van der Waals surface area contributed by atoms with Crippen LogP contribution in [0.4, 0.5) is 4.39 Å². The van der Waals surface area contributed by atoms with Gasteiger partial charge in [-0.05, 0) is 36.8 Å². The average Bonchev–Trinajstić information content (AvgIpc) is 2.98. The number of ether oxygens (including phenoxy) is 1. The number of primary sulfonamides is 1. The molecule has 0 saturated heterocycles. The molecule has 0 bridgehead atoms. The summed E-state index contributed by atoms with van der Waals surface area (Å²) in [5, 5.41) is 5.85. The molecular formula is C19H18FN5O3S. The lowest BCUT2D eigenvalue weighted by Crippen LogP contribution is -2.14. The highest BCUT2D eigenvalue weighted by Crippen LogP contribution is 2.26. The molecule has 4 rings (SSSR count). The molecule has 0 saturated carbocycles. The van der Waals surface area contributed by atoms with Crippen LogP contribution < -0.4 is 5.14 Å². The van der Waals surface area contributed by atoms with Crippen molar-refractivity contribution in [3.05, 3.63) is 59.4 Å². The lowest BCUT2D eigenvalue weighted by molar-refractivity contribution is 0.175. The van der Waals surface area contributed by atoms with E-state index in [-0.39, 0.29) is 13.2 Å². The Hall–Kier alpha value is -2.95. The molecule has 150 valence electrons. The fourth-order valence-corrected chi connectivity index (χ4v) is 3.90. The Balaban J connectivity index is 1.90. The van der Waals surface area contributed by atoms with Crippen molar-refractivity contribution in [2.24, 2.45) is 5.14 Å². The molecule has 8 nitrogen and oxygen atoms in total. The van der Waals surface area contributed by atoms with Gasteiger partial charge in [0.1, 0.15) is 28.7 Å². The summed E-state index contributed by atoms with van der Waals surface area (Å²) in [4.78, 5) is 12.9. The maximum atomic E-state index is 14.3. The zero-order valence-corrected chi connectivity index (χ0v) is 16.6. The van der Waals surface area contributed by atoms with Crippen molar-refractivity contribution in [2.75, 3.05) is 7.11 Å². The highest BCUT2D eigenvalue weighted by Gasteiger charge is 2.18. The van der Waals surface area contributed by atoms with E-state index >= 15 is 0 Å². The van der Waals surface area contributed by atoms with Gasteiger partial charge in [-0.25, -0.2) is 32.9 Å². The number of hydrogen-bond acceptors (Lipinski definition) is 6. The Bertz CT molecular complexity index is 1350. The fourth-order valence-electron chi connectivity index (χ4n) is 3.31. The van der Waals surface area contributed by atoms with Crippen LogP contribution in [-0.4, -0.2) is 35.0 Å². The molecule has 0 atom stereocenters. The summed E-state index contributed by atoms with van der Waals surface area (Å²) in [6, 6.07) is 7.66. The van der Waals surface area contributed by atoms with Gasteiger partial charge in [0.15, 0.2) is 5.65 Å². The standard InChI is InChI=1S/C19H18FN5O3S/c1-11-3-5-13-18-15(8-22-19(13)23-11)24-17(10-28-2)25(18)9-12-4-6-16(14(20)7-12)29(21,26)27/h3-8H,9-10H2,1-2H3,(H2,21,26,27). The molecule has 0 fully saturated rings. The predicted octanol–water partition coefficient (Wildman–Crippen LogP) is 2.27. The number of pyridine rings is 2. The Labute approximate surface area is 166 Å². The predicted molar refractivity (Wildman–Crippen MR) is 105 cm³/mol. The SMILES string of the molecule is COCc1nc2cnc3nc(C)ccc3c2n1Cc1ccc(S(N)(=O)=O)c(F)c1. The van der Waals surface area contributed by atoms with Gasteiger partial charge in [-0.2, -0.15) is 0 Å². The van der Waals surface area contributed by atoms with Gasteiger partial charge >= 0.3 is 0 Å². The molecule has 0 aliphatic rings. The Morgan fingerprint density at radius 3 is 2.69 bits per heavy atom. The van der Waals surface area contributed by atoms with Crippen molar-refractivity contribution in [1.82, 2.24) is 19.5 Å². The smallest absolute Gasteiger partial charge is 0.240 e. The van der Waals surface area contributed by atoms with Gasteiger partial charge in [0.25, 0.3) is 0 Å². The number of aryl methyl sites for hydroxylation is 1. The number of fused-ring (bicyclic) bond motifs is 3. The number of imidazole rings is 1. The molecule has 0 aliphatic heterocycles. The van der Waals surface area contributed by atoms with Crippen molar-refractivity contribution in [3.63, 3.8) is 0 Å². The van der Waals surface area contributed by atoms with Gasteiger partial charge < -0.3 is 9.30 Å². The summed E-state index contributed by atoms with van der Waals surface area (Å²) < 4.78 is 44.4. The average molecular weight is 415 g/mol. The van der Waals surface area contributed by atoms with Crippen molar-refractivity contribution in [1.29, 1.82) is 0 Å². The number of rotatable bonds is 5. The second kappa shape index (κ2) is 7.14. The fraction of sp³-hybridized carbons (Fsp3) is 0.211. The van der Waals surface area contributed by atoms with Crippen molar-refractivity contribution in [3.8, 4) is 0 Å². The van der Waals surface area contributed by atoms with E-state index < -0.39 is 20.7 Å². The number of sulfonamides is 1. The summed E-state index contributed by atoms with van der Waals surface area (Å²) >= 11 is 0. The van der Waals surface area contributed by atoms with Crippen LogP contribution in [0, 0.1) is 12.7 Å². The monoisotopic (exact) mass is 415 g/mol. The Morgan fingerprint density at radius 2 is 2.00 bits per heavy atom. The molecule has 29 heavy (non-hydrogen) atoms. The molecule has 0 spiro atoms. The summed E-state index contributed by atoms with van der Waals surface area (Å²) in [5.41, 5.74) is 3.44. The maximum absolute atomic E-state index is 14.3. The van der Waals surface area contributed by atoms with Crippen LogP contribution in [0.3, 0.4) is 0 Å². The zero-order chi connectivity index (χ0) is 20.8. The van der Waals surface area contributed by atoms with E-state index in [0.29, 0.717) is 22.6 Å². The Kier molecular flexibility index (Phi) is 4.77. The van der Waals surface area contributed by atoms with Gasteiger partial charge in [-0.1, -0.05) is 6.07 Å². The second-order valence-electron chi connectivity index (χ2n) is 6.67. The molecule has 3 heterocycles. The van der Waals surface area contributed by atoms with Crippen LogP contribution in [0.5, 0.6) is 0 Å². The molecule has 10 heteroatoms. The minimum atomic E-state index is -4.13. The van der Waals surface area contributed by atoms with E-state index in [1.807, 2.05) is 23.6 Å². The number of benzene rings is 1. The van der Waals surface area contributed by atoms with E-state index in [1.165, 1.54) is 12.1 Å². The molecule has 4 aromatic rings. The van der Waals surface area contributed by atoms with Gasteiger partial charge in [0.05, 0.1) is 11.7 Å². The van der Waals surface area contributed by atoms with Crippen molar-refractivity contribution >= 4 is 32.1 Å². The number of nitrogens with zero attached hydrogens (tertiary/aromatic N) is 4. The molecule has 3 aromatic heterocycles. The summed E-state index contributed by atoms with van der Waals surface area (Å²) in [6.07, 6.45) is 1.64. The van der Waals surface area contributed by atoms with Crippen molar-refractivity contribution in [2.45, 2.75) is 25.0 Å². The highest BCUT2D eigenvalue weighted by molar-refractivity contribution is 7.89. The second-order valence-corrected chi connectivity index (χ2v) is 8.20. The molecule has 0 unspecified atom stereocenters. The topological polar surface area (TPSA) is 113 Å². The molecular weight excluding hydrogens is 397 g/mol. The minimum Gasteiger partial charge on any atom is -0.377 e. The first kappa shape index (κ1) is 19.4. The largest absolute Gasteiger partial charge is 0.377 e. The van der Waals surface area contributed by atoms with E-state index in [1.54, 1.807) is 13.3 Å². The summed E-state index contributed by atoms with van der Waals surface area (Å²) in [7, 11) is -2.57. The summed E-state index contributed by atoms with van der Waals surface area (Å²) in [6.45, 7) is 2.38. The first-order valence-electron chi connectivity index (χ1n) is 8.69. The quantitative estimate of drug-likeness (QED) is 0.535. The number of nitrogens with two attached hydrogens (primary N) is 1. The molecule has 2 N–H and O–H groups in total. The van der Waals surface area contributed by atoms with Gasteiger partial charge in [-0.3, -0.25) is 0 Å². The van der Waals surface area contributed by atoms with Crippen LogP contribution >= 0.6 is 0 Å². The molecule has 0 amide bonds. The van der Waals surface area contributed by atoms with E-state index in [2.05, 4.69) is 15.0 Å². The third-order valence-corrected chi connectivity index (χ3v) is 5.51. The lowest BCUT2D eigenvalue weighted by Gasteiger charge is -2.11. The minimum absolute atomic E-state index is 0.243. The van der Waals surface area contributed by atoms with Gasteiger partial charge in [0, 0.05) is 24.7 Å². The van der Waals surface area contributed by atoms with Crippen molar-refractivity contribution < 1.29 is 17.5 Å². The maximum Gasteiger partial charge on any atom is 0.240 e. The number of aromatic nitrogens is 4. The third kappa shape index (κ3) is 3.57. The lowest BCUT2D eigenvalue weighted by atomic mass is 10.2.